The first kappa shape index (κ1) is 15.2. The van der Waals surface area contributed by atoms with Crippen molar-refractivity contribution >= 4 is 12.1 Å². The fourth-order valence-electron chi connectivity index (χ4n) is 2.32. The van der Waals surface area contributed by atoms with Crippen LogP contribution in [0.4, 0.5) is 9.18 Å². The molecule has 0 aliphatic carbocycles. The zero-order valence-corrected chi connectivity index (χ0v) is 11.4. The van der Waals surface area contributed by atoms with Crippen LogP contribution in [0.3, 0.4) is 0 Å². The van der Waals surface area contributed by atoms with E-state index in [1.165, 1.54) is 7.11 Å². The van der Waals surface area contributed by atoms with Crippen molar-refractivity contribution in [3.8, 4) is 0 Å². The largest absolute Gasteiger partial charge is 0.480 e. The number of methoxy groups -OCH3 is 1. The van der Waals surface area contributed by atoms with Crippen LogP contribution in [0.25, 0.3) is 0 Å². The van der Waals surface area contributed by atoms with Gasteiger partial charge in [0.15, 0.2) is 6.04 Å². The molecule has 1 aliphatic heterocycles. The van der Waals surface area contributed by atoms with Gasteiger partial charge in [0.05, 0.1) is 6.54 Å². The molecule has 2 rings (SSSR count). The number of hydrogen-bond donors (Lipinski definition) is 1. The summed E-state index contributed by atoms with van der Waals surface area (Å²) in [5.41, 5.74) is 0.761. The minimum atomic E-state index is -1.56. The molecule has 1 amide bonds. The monoisotopic (exact) mass is 297 g/mol. The number of rotatable bonds is 4. The van der Waals surface area contributed by atoms with Crippen LogP contribution in [-0.2, 0) is 20.9 Å². The third-order valence-corrected chi connectivity index (χ3v) is 3.34. The molecule has 1 heterocycles. The quantitative estimate of drug-likeness (QED) is 0.910. The van der Waals surface area contributed by atoms with E-state index in [2.05, 4.69) is 0 Å². The number of nitrogens with zero attached hydrogens (tertiary/aromatic N) is 1. The van der Waals surface area contributed by atoms with E-state index >= 15 is 0 Å². The summed E-state index contributed by atoms with van der Waals surface area (Å²) in [7, 11) is 1.21. The highest BCUT2D eigenvalue weighted by molar-refractivity contribution is 5.81. The zero-order valence-electron chi connectivity index (χ0n) is 11.4. The van der Waals surface area contributed by atoms with E-state index in [-0.39, 0.29) is 13.2 Å². The van der Waals surface area contributed by atoms with Gasteiger partial charge in [-0.2, -0.15) is 0 Å². The summed E-state index contributed by atoms with van der Waals surface area (Å²) in [4.78, 5) is 24.0. The Kier molecular flexibility index (Phi) is 4.74. The smallest absolute Gasteiger partial charge is 0.411 e. The summed E-state index contributed by atoms with van der Waals surface area (Å²) in [6, 6.07) is 7.55. The number of likely N-dealkylation sites (tertiary alicyclic amines) is 1. The van der Waals surface area contributed by atoms with E-state index < -0.39 is 30.4 Å². The first-order valence-corrected chi connectivity index (χ1v) is 6.41. The lowest BCUT2D eigenvalue weighted by atomic mass is 10.1. The molecular formula is C14H16FNO5. The summed E-state index contributed by atoms with van der Waals surface area (Å²) in [6.07, 6.45) is -3.61. The van der Waals surface area contributed by atoms with Crippen molar-refractivity contribution in [2.45, 2.75) is 24.9 Å². The molecule has 1 aromatic rings. The van der Waals surface area contributed by atoms with Crippen molar-refractivity contribution in [1.29, 1.82) is 0 Å². The Bertz CT molecular complexity index is 509. The number of carboxylic acids is 1. The molecule has 3 atom stereocenters. The molecule has 0 aromatic heterocycles. The van der Waals surface area contributed by atoms with Crippen molar-refractivity contribution in [2.75, 3.05) is 13.7 Å². The number of amides is 1. The fraction of sp³-hybridized carbons (Fsp3) is 0.429. The molecule has 0 bridgehead atoms. The van der Waals surface area contributed by atoms with Gasteiger partial charge in [-0.3, -0.25) is 4.90 Å². The average molecular weight is 297 g/mol. The van der Waals surface area contributed by atoms with Crippen molar-refractivity contribution in [3.63, 3.8) is 0 Å². The van der Waals surface area contributed by atoms with Crippen LogP contribution in [0.2, 0.25) is 0 Å². The van der Waals surface area contributed by atoms with Gasteiger partial charge in [-0.25, -0.2) is 14.0 Å². The van der Waals surface area contributed by atoms with Gasteiger partial charge >= 0.3 is 12.1 Å². The third kappa shape index (κ3) is 3.30. The van der Waals surface area contributed by atoms with Crippen LogP contribution >= 0.6 is 0 Å². The number of halogens is 1. The maximum Gasteiger partial charge on any atom is 0.411 e. The Labute approximate surface area is 121 Å². The van der Waals surface area contributed by atoms with Gasteiger partial charge in [0.1, 0.15) is 18.9 Å². The number of carbonyl (C=O) groups is 2. The lowest BCUT2D eigenvalue weighted by molar-refractivity contribution is -0.145. The standard InChI is InChI=1S/C14H16FNO5/c1-20-12-10(15)7-16(11(12)13(17)18)14(19)21-8-9-5-3-2-4-6-9/h2-6,10-12H,7-8H2,1H3,(H,17,18)/t10-,11-,12+/m0/s1. The Balaban J connectivity index is 2.02. The summed E-state index contributed by atoms with van der Waals surface area (Å²) >= 11 is 0. The van der Waals surface area contributed by atoms with E-state index in [0.29, 0.717) is 0 Å². The Morgan fingerprint density at radius 3 is 2.62 bits per heavy atom. The highest BCUT2D eigenvalue weighted by Crippen LogP contribution is 2.25. The first-order chi connectivity index (χ1) is 10.0. The molecule has 1 fully saturated rings. The Morgan fingerprint density at radius 2 is 2.05 bits per heavy atom. The number of alkyl halides is 1. The molecule has 1 aromatic carbocycles. The van der Waals surface area contributed by atoms with Crippen LogP contribution in [0.1, 0.15) is 5.56 Å². The van der Waals surface area contributed by atoms with Crippen LogP contribution in [-0.4, -0.2) is 54.0 Å². The average Bonchev–Trinajstić information content (AvgIpc) is 2.82. The number of ether oxygens (including phenoxy) is 2. The number of carbonyl (C=O) groups excluding carboxylic acids is 1. The zero-order chi connectivity index (χ0) is 15.4. The highest BCUT2D eigenvalue weighted by Gasteiger charge is 2.49. The Morgan fingerprint density at radius 1 is 1.38 bits per heavy atom. The van der Waals surface area contributed by atoms with Gasteiger partial charge in [0.2, 0.25) is 0 Å². The lowest BCUT2D eigenvalue weighted by Crippen LogP contribution is -2.46. The number of aliphatic carboxylic acids is 1. The molecule has 0 spiro atoms. The van der Waals surface area contributed by atoms with Gasteiger partial charge in [-0.15, -0.1) is 0 Å². The van der Waals surface area contributed by atoms with E-state index in [1.807, 2.05) is 6.07 Å². The summed E-state index contributed by atoms with van der Waals surface area (Å²) in [5.74, 6) is -1.32. The molecule has 114 valence electrons. The second-order valence-corrected chi connectivity index (χ2v) is 4.69. The van der Waals surface area contributed by atoms with Gasteiger partial charge < -0.3 is 14.6 Å². The van der Waals surface area contributed by atoms with E-state index in [1.54, 1.807) is 24.3 Å². The molecule has 0 radical (unpaired) electrons. The second kappa shape index (κ2) is 6.53. The molecule has 1 saturated heterocycles. The summed E-state index contributed by atoms with van der Waals surface area (Å²) in [6.45, 7) is -0.361. The van der Waals surface area contributed by atoms with Gasteiger partial charge in [0.25, 0.3) is 0 Å². The normalized spacial score (nSPS) is 24.9. The molecule has 0 saturated carbocycles. The minimum absolute atomic E-state index is 0.00286. The van der Waals surface area contributed by atoms with Crippen molar-refractivity contribution in [2.24, 2.45) is 0 Å². The predicted octanol–water partition coefficient (Wildman–Crippen LogP) is 1.45. The third-order valence-electron chi connectivity index (χ3n) is 3.34. The van der Waals surface area contributed by atoms with Crippen molar-refractivity contribution in [1.82, 2.24) is 4.90 Å². The van der Waals surface area contributed by atoms with Crippen LogP contribution in [0, 0.1) is 0 Å². The van der Waals surface area contributed by atoms with Gasteiger partial charge in [-0.05, 0) is 5.56 Å². The molecule has 6 nitrogen and oxygen atoms in total. The van der Waals surface area contributed by atoms with Crippen molar-refractivity contribution in [3.05, 3.63) is 35.9 Å². The van der Waals surface area contributed by atoms with Gasteiger partial charge in [0, 0.05) is 7.11 Å². The van der Waals surface area contributed by atoms with Crippen LogP contribution in [0.5, 0.6) is 0 Å². The predicted molar refractivity (Wildman–Crippen MR) is 70.4 cm³/mol. The van der Waals surface area contributed by atoms with Crippen LogP contribution in [0.15, 0.2) is 30.3 Å². The number of benzene rings is 1. The summed E-state index contributed by atoms with van der Waals surface area (Å²) in [5, 5.41) is 9.14. The number of hydrogen-bond acceptors (Lipinski definition) is 4. The summed E-state index contributed by atoms with van der Waals surface area (Å²) < 4.78 is 23.6. The Hall–Kier alpha value is -2.15. The van der Waals surface area contributed by atoms with Gasteiger partial charge in [-0.1, -0.05) is 30.3 Å². The molecule has 0 unspecified atom stereocenters. The fourth-order valence-corrected chi connectivity index (χ4v) is 2.32. The lowest BCUT2D eigenvalue weighted by Gasteiger charge is -2.22. The molecule has 21 heavy (non-hydrogen) atoms. The topological polar surface area (TPSA) is 76.1 Å². The van der Waals surface area contributed by atoms with Crippen molar-refractivity contribution < 1.29 is 28.6 Å². The maximum absolute atomic E-state index is 13.7. The minimum Gasteiger partial charge on any atom is -0.480 e. The van der Waals surface area contributed by atoms with E-state index in [9.17, 15) is 14.0 Å². The molecule has 1 N–H and O–H groups in total. The number of carboxylic acid groups (broad SMARTS) is 1. The molecular weight excluding hydrogens is 281 g/mol. The second-order valence-electron chi connectivity index (χ2n) is 4.69. The van der Waals surface area contributed by atoms with Crippen LogP contribution < -0.4 is 0 Å². The first-order valence-electron chi connectivity index (χ1n) is 6.41. The maximum atomic E-state index is 13.7. The highest BCUT2D eigenvalue weighted by atomic mass is 19.1. The van der Waals surface area contributed by atoms with E-state index in [0.717, 1.165) is 10.5 Å². The molecule has 1 aliphatic rings. The molecule has 7 heteroatoms. The van der Waals surface area contributed by atoms with E-state index in [4.69, 9.17) is 14.6 Å². The SMILES string of the molecule is CO[C@H]1[C@@H](C(=O)O)N(C(=O)OCc2ccccc2)C[C@@H]1F.